The van der Waals surface area contributed by atoms with Gasteiger partial charge < -0.3 is 10.4 Å². The molecule has 0 saturated carbocycles. The largest absolute Gasteiger partial charge is 0.465 e. The molecule has 6 nitrogen and oxygen atoms in total. The first-order valence-corrected chi connectivity index (χ1v) is 10.6. The van der Waals surface area contributed by atoms with E-state index >= 15 is 0 Å². The van der Waals surface area contributed by atoms with E-state index in [-0.39, 0.29) is 29.9 Å². The van der Waals surface area contributed by atoms with Crippen molar-refractivity contribution < 1.29 is 27.9 Å². The Morgan fingerprint density at radius 2 is 1.76 bits per heavy atom. The summed E-state index contributed by atoms with van der Waals surface area (Å²) < 4.78 is 39.5. The number of carbonyl (C=O) groups excluding carboxylic acids is 1. The number of ketones is 1. The van der Waals surface area contributed by atoms with E-state index in [1.807, 2.05) is 6.07 Å². The van der Waals surface area contributed by atoms with E-state index in [1.54, 1.807) is 32.9 Å². The second-order valence-corrected chi connectivity index (χ2v) is 8.98. The standard InChI is InChI=1S/C25H24F3N3O3/c1-24(2,3)31(23(33)34)22(16-9-7-15(14-29)8-10-16)21-19(11-12-20(21)32)30-18-6-4-5-17(13-18)25(26,27)28/h4-10,13,22,30H,11-12H2,1-3H3,(H,33,34). The molecule has 178 valence electrons. The predicted molar refractivity (Wildman–Crippen MR) is 120 cm³/mol. The summed E-state index contributed by atoms with van der Waals surface area (Å²) in [5.74, 6) is -0.292. The molecule has 34 heavy (non-hydrogen) atoms. The van der Waals surface area contributed by atoms with Gasteiger partial charge in [0.05, 0.1) is 23.2 Å². The topological polar surface area (TPSA) is 93.4 Å². The normalized spacial score (nSPS) is 15.1. The minimum atomic E-state index is -4.53. The highest BCUT2D eigenvalue weighted by Gasteiger charge is 2.41. The average molecular weight is 471 g/mol. The molecule has 9 heteroatoms. The SMILES string of the molecule is CC(C)(C)N(C(=O)O)C(C1=C(Nc2cccc(C(F)(F)F)c2)CCC1=O)c1ccc(C#N)cc1. The number of amides is 1. The van der Waals surface area contributed by atoms with Crippen LogP contribution in [-0.4, -0.2) is 27.4 Å². The van der Waals surface area contributed by atoms with Crippen molar-refractivity contribution in [1.29, 1.82) is 5.26 Å². The van der Waals surface area contributed by atoms with E-state index in [0.717, 1.165) is 17.0 Å². The lowest BCUT2D eigenvalue weighted by Gasteiger charge is -2.40. The lowest BCUT2D eigenvalue weighted by Crippen LogP contribution is -2.48. The Morgan fingerprint density at radius 3 is 2.29 bits per heavy atom. The number of halogens is 3. The van der Waals surface area contributed by atoms with E-state index in [4.69, 9.17) is 5.26 Å². The maximum atomic E-state index is 13.2. The summed E-state index contributed by atoms with van der Waals surface area (Å²) in [7, 11) is 0. The zero-order valence-electron chi connectivity index (χ0n) is 18.9. The molecule has 0 heterocycles. The molecule has 0 aromatic heterocycles. The molecule has 0 aliphatic heterocycles. The van der Waals surface area contributed by atoms with Gasteiger partial charge in [-0.15, -0.1) is 0 Å². The van der Waals surface area contributed by atoms with Gasteiger partial charge in [-0.2, -0.15) is 18.4 Å². The Kier molecular flexibility index (Phi) is 6.73. The van der Waals surface area contributed by atoms with Crippen LogP contribution in [0.15, 0.2) is 59.8 Å². The van der Waals surface area contributed by atoms with Gasteiger partial charge in [-0.05, 0) is 63.1 Å². The van der Waals surface area contributed by atoms with E-state index in [2.05, 4.69) is 5.32 Å². The van der Waals surface area contributed by atoms with E-state index in [0.29, 0.717) is 16.8 Å². The number of allylic oxidation sites excluding steroid dienone is 1. The van der Waals surface area contributed by atoms with E-state index < -0.39 is 29.4 Å². The fraction of sp³-hybridized carbons (Fsp3) is 0.320. The number of benzene rings is 2. The van der Waals surface area contributed by atoms with Gasteiger partial charge >= 0.3 is 12.3 Å². The molecule has 2 aromatic rings. The van der Waals surface area contributed by atoms with Crippen molar-refractivity contribution >= 4 is 17.6 Å². The quantitative estimate of drug-likeness (QED) is 0.548. The fourth-order valence-electron chi connectivity index (χ4n) is 4.04. The third-order valence-electron chi connectivity index (χ3n) is 5.53. The van der Waals surface area contributed by atoms with Gasteiger partial charge in [-0.1, -0.05) is 18.2 Å². The number of hydrogen-bond acceptors (Lipinski definition) is 4. The summed E-state index contributed by atoms with van der Waals surface area (Å²) >= 11 is 0. The molecule has 1 aliphatic carbocycles. The van der Waals surface area contributed by atoms with Crippen LogP contribution in [0.3, 0.4) is 0 Å². The smallest absolute Gasteiger partial charge is 0.416 e. The number of rotatable bonds is 5. The number of carbonyl (C=O) groups is 2. The maximum absolute atomic E-state index is 13.2. The van der Waals surface area contributed by atoms with Crippen molar-refractivity contribution in [3.63, 3.8) is 0 Å². The van der Waals surface area contributed by atoms with Crippen molar-refractivity contribution in [3.05, 3.63) is 76.5 Å². The van der Waals surface area contributed by atoms with Gasteiger partial charge in [0.15, 0.2) is 5.78 Å². The molecule has 1 unspecified atom stereocenters. The number of nitriles is 1. The van der Waals surface area contributed by atoms with Crippen LogP contribution in [0.5, 0.6) is 0 Å². The molecule has 3 rings (SSSR count). The third kappa shape index (κ3) is 5.22. The van der Waals surface area contributed by atoms with Crippen LogP contribution in [0, 0.1) is 11.3 Å². The minimum absolute atomic E-state index is 0.0982. The van der Waals surface area contributed by atoms with E-state index in [1.165, 1.54) is 24.3 Å². The van der Waals surface area contributed by atoms with Crippen molar-refractivity contribution in [2.75, 3.05) is 5.32 Å². The van der Waals surface area contributed by atoms with Gasteiger partial charge in [0.1, 0.15) is 0 Å². The first-order valence-electron chi connectivity index (χ1n) is 10.6. The molecule has 0 radical (unpaired) electrons. The van der Waals surface area contributed by atoms with Crippen LogP contribution in [0.1, 0.15) is 56.3 Å². The van der Waals surface area contributed by atoms with Gasteiger partial charge in [0, 0.05) is 28.9 Å². The fourth-order valence-corrected chi connectivity index (χ4v) is 4.04. The number of nitrogens with one attached hydrogen (secondary N) is 1. The summed E-state index contributed by atoms with van der Waals surface area (Å²) in [4.78, 5) is 26.6. The molecular formula is C25H24F3N3O3. The maximum Gasteiger partial charge on any atom is 0.416 e. The monoisotopic (exact) mass is 471 g/mol. The summed E-state index contributed by atoms with van der Waals surface area (Å²) in [5, 5.41) is 22.1. The zero-order chi connectivity index (χ0) is 25.3. The first-order chi connectivity index (χ1) is 15.8. The molecule has 2 N–H and O–H groups in total. The van der Waals surface area contributed by atoms with E-state index in [9.17, 15) is 27.9 Å². The molecular weight excluding hydrogens is 447 g/mol. The second kappa shape index (κ2) is 9.21. The van der Waals surface area contributed by atoms with Gasteiger partial charge in [-0.25, -0.2) is 4.79 Å². The summed E-state index contributed by atoms with van der Waals surface area (Å²) in [5.41, 5.74) is -0.211. The van der Waals surface area contributed by atoms with Crippen molar-refractivity contribution in [2.45, 2.75) is 51.4 Å². The average Bonchev–Trinajstić information content (AvgIpc) is 3.10. The number of nitrogens with zero attached hydrogens (tertiary/aromatic N) is 2. The lowest BCUT2D eigenvalue weighted by atomic mass is 9.90. The molecule has 0 spiro atoms. The molecule has 1 aliphatic rings. The van der Waals surface area contributed by atoms with Crippen LogP contribution >= 0.6 is 0 Å². The molecule has 2 aromatic carbocycles. The summed E-state index contributed by atoms with van der Waals surface area (Å²) in [6.45, 7) is 5.08. The first kappa shape index (κ1) is 24.8. The Labute approximate surface area is 195 Å². The highest BCUT2D eigenvalue weighted by Crippen LogP contribution is 2.41. The summed E-state index contributed by atoms with van der Waals surface area (Å²) in [6, 6.07) is 11.8. The van der Waals surface area contributed by atoms with Crippen LogP contribution in [-0.2, 0) is 11.0 Å². The summed E-state index contributed by atoms with van der Waals surface area (Å²) in [6.07, 6.45) is -5.46. The van der Waals surface area contributed by atoms with Crippen molar-refractivity contribution in [2.24, 2.45) is 0 Å². The number of anilines is 1. The van der Waals surface area contributed by atoms with Crippen molar-refractivity contribution in [3.8, 4) is 6.07 Å². The number of hydrogen-bond donors (Lipinski definition) is 2. The molecule has 1 atom stereocenters. The molecule has 1 amide bonds. The third-order valence-corrected chi connectivity index (χ3v) is 5.53. The minimum Gasteiger partial charge on any atom is -0.465 e. The Hall–Kier alpha value is -3.80. The van der Waals surface area contributed by atoms with Crippen LogP contribution < -0.4 is 5.32 Å². The second-order valence-electron chi connectivity index (χ2n) is 8.98. The van der Waals surface area contributed by atoms with Crippen molar-refractivity contribution in [1.82, 2.24) is 4.90 Å². The lowest BCUT2D eigenvalue weighted by molar-refractivity contribution is -0.137. The number of Topliss-reactive ketones (excluding diaryl/α,β-unsaturated/α-hetero) is 1. The van der Waals surface area contributed by atoms with Gasteiger partial charge in [0.2, 0.25) is 0 Å². The Bertz CT molecular complexity index is 1170. The molecule has 0 bridgehead atoms. The predicted octanol–water partition coefficient (Wildman–Crippen LogP) is 6.13. The highest BCUT2D eigenvalue weighted by molar-refractivity contribution is 6.01. The van der Waals surface area contributed by atoms with Gasteiger partial charge in [0.25, 0.3) is 0 Å². The molecule has 0 saturated heterocycles. The van der Waals surface area contributed by atoms with Crippen LogP contribution in [0.25, 0.3) is 0 Å². The number of alkyl halides is 3. The molecule has 0 fully saturated rings. The zero-order valence-corrected chi connectivity index (χ0v) is 18.9. The number of carboxylic acid groups (broad SMARTS) is 1. The van der Waals surface area contributed by atoms with Gasteiger partial charge in [-0.3, -0.25) is 9.69 Å². The highest BCUT2D eigenvalue weighted by atomic mass is 19.4. The Morgan fingerprint density at radius 1 is 1.12 bits per heavy atom. The van der Waals surface area contributed by atoms with Crippen LogP contribution in [0.4, 0.5) is 23.7 Å². The Balaban J connectivity index is 2.17. The van der Waals surface area contributed by atoms with Crippen LogP contribution in [0.2, 0.25) is 0 Å².